The second kappa shape index (κ2) is 6.82. The summed E-state index contributed by atoms with van der Waals surface area (Å²) in [7, 11) is 0. The van der Waals surface area contributed by atoms with E-state index in [2.05, 4.69) is 30.9 Å². The summed E-state index contributed by atoms with van der Waals surface area (Å²) in [4.78, 5) is 2.50. The lowest BCUT2D eigenvalue weighted by Gasteiger charge is -2.42. The number of anilines is 1. The molecule has 1 heterocycles. The number of nitrogens with two attached hydrogens (primary N) is 1. The standard InChI is InChI=1S/C17H27ClN2/c1-3-17(4-2)8-11-20(12-9-17)16-13-15(18)6-5-14(16)7-10-19/h5-6,13H,3-4,7-12,19H2,1-2H3. The lowest BCUT2D eigenvalue weighted by molar-refractivity contribution is 0.199. The quantitative estimate of drug-likeness (QED) is 0.880. The number of hydrogen-bond donors (Lipinski definition) is 1. The van der Waals surface area contributed by atoms with Gasteiger partial charge in [-0.1, -0.05) is 44.4 Å². The molecule has 2 nitrogen and oxygen atoms in total. The van der Waals surface area contributed by atoms with Gasteiger partial charge in [0, 0.05) is 23.8 Å². The third-order valence-corrected chi connectivity index (χ3v) is 5.36. The molecule has 0 aromatic heterocycles. The van der Waals surface area contributed by atoms with E-state index in [1.807, 2.05) is 6.07 Å². The van der Waals surface area contributed by atoms with Gasteiger partial charge in [-0.15, -0.1) is 0 Å². The van der Waals surface area contributed by atoms with Crippen LogP contribution in [0.1, 0.15) is 45.1 Å². The maximum absolute atomic E-state index is 6.19. The molecule has 0 spiro atoms. The molecule has 2 N–H and O–H groups in total. The first-order valence-electron chi connectivity index (χ1n) is 7.87. The highest BCUT2D eigenvalue weighted by Gasteiger charge is 2.31. The normalized spacial score (nSPS) is 18.3. The molecule has 0 atom stereocenters. The Morgan fingerprint density at radius 2 is 1.85 bits per heavy atom. The van der Waals surface area contributed by atoms with Crippen LogP contribution in [0, 0.1) is 5.41 Å². The van der Waals surface area contributed by atoms with Gasteiger partial charge >= 0.3 is 0 Å². The summed E-state index contributed by atoms with van der Waals surface area (Å²) in [6.45, 7) is 7.63. The topological polar surface area (TPSA) is 29.3 Å². The highest BCUT2D eigenvalue weighted by atomic mass is 35.5. The van der Waals surface area contributed by atoms with Crippen molar-refractivity contribution in [1.82, 2.24) is 0 Å². The summed E-state index contributed by atoms with van der Waals surface area (Å²) in [5.74, 6) is 0. The average Bonchev–Trinajstić information content (AvgIpc) is 2.49. The summed E-state index contributed by atoms with van der Waals surface area (Å²) >= 11 is 6.19. The monoisotopic (exact) mass is 294 g/mol. The zero-order valence-electron chi connectivity index (χ0n) is 12.8. The molecular formula is C17H27ClN2. The lowest BCUT2D eigenvalue weighted by atomic mass is 9.74. The van der Waals surface area contributed by atoms with Crippen molar-refractivity contribution in [2.24, 2.45) is 11.1 Å². The molecule has 0 amide bonds. The van der Waals surface area contributed by atoms with Crippen molar-refractivity contribution in [3.63, 3.8) is 0 Å². The van der Waals surface area contributed by atoms with Gasteiger partial charge in [-0.05, 0) is 48.9 Å². The van der Waals surface area contributed by atoms with Crippen molar-refractivity contribution >= 4 is 17.3 Å². The SMILES string of the molecule is CCC1(CC)CCN(c2cc(Cl)ccc2CCN)CC1. The smallest absolute Gasteiger partial charge is 0.0426 e. The van der Waals surface area contributed by atoms with E-state index in [1.54, 1.807) is 0 Å². The maximum Gasteiger partial charge on any atom is 0.0426 e. The van der Waals surface area contributed by atoms with Crippen molar-refractivity contribution in [3.8, 4) is 0 Å². The molecule has 1 aromatic carbocycles. The minimum absolute atomic E-state index is 0.559. The van der Waals surface area contributed by atoms with Crippen LogP contribution in [0.15, 0.2) is 18.2 Å². The molecule has 0 bridgehead atoms. The molecule has 1 aliphatic heterocycles. The second-order valence-electron chi connectivity index (χ2n) is 6.01. The first-order chi connectivity index (χ1) is 9.64. The van der Waals surface area contributed by atoms with Crippen LogP contribution in [-0.4, -0.2) is 19.6 Å². The minimum Gasteiger partial charge on any atom is -0.371 e. The number of benzene rings is 1. The van der Waals surface area contributed by atoms with Gasteiger partial charge in [0.2, 0.25) is 0 Å². The summed E-state index contributed by atoms with van der Waals surface area (Å²) in [5, 5.41) is 0.823. The first-order valence-corrected chi connectivity index (χ1v) is 8.25. The Kier molecular flexibility index (Phi) is 5.34. The van der Waals surface area contributed by atoms with Crippen LogP contribution in [0.2, 0.25) is 5.02 Å². The summed E-state index contributed by atoms with van der Waals surface area (Å²) in [6, 6.07) is 6.21. The van der Waals surface area contributed by atoms with Crippen LogP contribution < -0.4 is 10.6 Å². The van der Waals surface area contributed by atoms with Gasteiger partial charge in [0.1, 0.15) is 0 Å². The van der Waals surface area contributed by atoms with Crippen LogP contribution in [0.4, 0.5) is 5.69 Å². The van der Waals surface area contributed by atoms with E-state index >= 15 is 0 Å². The fraction of sp³-hybridized carbons (Fsp3) is 0.647. The van der Waals surface area contributed by atoms with Gasteiger partial charge in [0.05, 0.1) is 0 Å². The molecule has 0 saturated carbocycles. The number of halogens is 1. The Hall–Kier alpha value is -0.730. The largest absolute Gasteiger partial charge is 0.371 e. The molecule has 0 radical (unpaired) electrons. The molecule has 0 aliphatic carbocycles. The Bertz CT molecular complexity index is 431. The fourth-order valence-corrected chi connectivity index (χ4v) is 3.54. The van der Waals surface area contributed by atoms with E-state index in [-0.39, 0.29) is 0 Å². The van der Waals surface area contributed by atoms with E-state index in [0.717, 1.165) is 24.5 Å². The highest BCUT2D eigenvalue weighted by molar-refractivity contribution is 6.30. The summed E-state index contributed by atoms with van der Waals surface area (Å²) < 4.78 is 0. The van der Waals surface area contributed by atoms with Crippen molar-refractivity contribution in [3.05, 3.63) is 28.8 Å². The number of hydrogen-bond acceptors (Lipinski definition) is 2. The Balaban J connectivity index is 2.15. The van der Waals surface area contributed by atoms with E-state index in [0.29, 0.717) is 12.0 Å². The minimum atomic E-state index is 0.559. The van der Waals surface area contributed by atoms with Crippen LogP contribution >= 0.6 is 11.6 Å². The summed E-state index contributed by atoms with van der Waals surface area (Å²) in [5.41, 5.74) is 8.92. The fourth-order valence-electron chi connectivity index (χ4n) is 3.38. The summed E-state index contributed by atoms with van der Waals surface area (Å²) in [6.07, 6.45) is 6.09. The third-order valence-electron chi connectivity index (χ3n) is 5.13. The predicted octanol–water partition coefficient (Wildman–Crippen LogP) is 4.25. The van der Waals surface area contributed by atoms with E-state index in [9.17, 15) is 0 Å². The number of nitrogens with zero attached hydrogens (tertiary/aromatic N) is 1. The zero-order chi connectivity index (χ0) is 14.6. The first kappa shape index (κ1) is 15.7. The molecule has 2 rings (SSSR count). The van der Waals surface area contributed by atoms with Crippen LogP contribution in [0.3, 0.4) is 0 Å². The van der Waals surface area contributed by atoms with Gasteiger partial charge in [-0.2, -0.15) is 0 Å². The van der Waals surface area contributed by atoms with Crippen LogP contribution in [0.25, 0.3) is 0 Å². The molecular weight excluding hydrogens is 268 g/mol. The Morgan fingerprint density at radius 1 is 1.20 bits per heavy atom. The molecule has 1 aliphatic rings. The van der Waals surface area contributed by atoms with Gasteiger partial charge in [0.25, 0.3) is 0 Å². The van der Waals surface area contributed by atoms with Gasteiger partial charge in [0.15, 0.2) is 0 Å². The van der Waals surface area contributed by atoms with E-state index in [4.69, 9.17) is 17.3 Å². The van der Waals surface area contributed by atoms with Crippen molar-refractivity contribution in [1.29, 1.82) is 0 Å². The van der Waals surface area contributed by atoms with E-state index in [1.165, 1.54) is 36.9 Å². The van der Waals surface area contributed by atoms with Crippen LogP contribution in [-0.2, 0) is 6.42 Å². The predicted molar refractivity (Wildman–Crippen MR) is 88.7 cm³/mol. The third kappa shape index (κ3) is 3.29. The van der Waals surface area contributed by atoms with Gasteiger partial charge < -0.3 is 10.6 Å². The number of rotatable bonds is 5. The van der Waals surface area contributed by atoms with Gasteiger partial charge in [-0.25, -0.2) is 0 Å². The van der Waals surface area contributed by atoms with Gasteiger partial charge in [-0.3, -0.25) is 0 Å². The maximum atomic E-state index is 6.19. The number of piperidine rings is 1. The van der Waals surface area contributed by atoms with Crippen molar-refractivity contribution in [2.45, 2.75) is 46.0 Å². The lowest BCUT2D eigenvalue weighted by Crippen LogP contribution is -2.40. The molecule has 112 valence electrons. The van der Waals surface area contributed by atoms with Crippen molar-refractivity contribution in [2.75, 3.05) is 24.5 Å². The molecule has 1 fully saturated rings. The average molecular weight is 295 g/mol. The molecule has 1 saturated heterocycles. The Labute approximate surface area is 128 Å². The van der Waals surface area contributed by atoms with Crippen molar-refractivity contribution < 1.29 is 0 Å². The Morgan fingerprint density at radius 3 is 2.40 bits per heavy atom. The molecule has 20 heavy (non-hydrogen) atoms. The molecule has 3 heteroatoms. The second-order valence-corrected chi connectivity index (χ2v) is 6.44. The highest BCUT2D eigenvalue weighted by Crippen LogP contribution is 2.40. The zero-order valence-corrected chi connectivity index (χ0v) is 13.5. The molecule has 0 unspecified atom stereocenters. The van der Waals surface area contributed by atoms with Crippen LogP contribution in [0.5, 0.6) is 0 Å². The van der Waals surface area contributed by atoms with E-state index < -0.39 is 0 Å². The molecule has 1 aromatic rings.